The van der Waals surface area contributed by atoms with Gasteiger partial charge in [-0.05, 0) is 43.4 Å². The minimum atomic E-state index is 0. The summed E-state index contributed by atoms with van der Waals surface area (Å²) >= 11 is 0. The molecule has 1 atom stereocenters. The topological polar surface area (TPSA) is 64.1 Å². The van der Waals surface area contributed by atoms with Crippen molar-refractivity contribution in [1.82, 2.24) is 10.6 Å². The van der Waals surface area contributed by atoms with Gasteiger partial charge in [0.25, 0.3) is 0 Å². The average Bonchev–Trinajstić information content (AvgIpc) is 3.14. The molecule has 0 aliphatic carbocycles. The minimum Gasteiger partial charge on any atom is -0.496 e. The summed E-state index contributed by atoms with van der Waals surface area (Å²) in [6, 6.07) is 6.31. The second-order valence-electron chi connectivity index (χ2n) is 6.19. The molecule has 0 bridgehead atoms. The summed E-state index contributed by atoms with van der Waals surface area (Å²) in [4.78, 5) is 4.23. The molecule has 26 heavy (non-hydrogen) atoms. The molecule has 0 amide bonds. The van der Waals surface area contributed by atoms with Crippen LogP contribution in [0.2, 0.25) is 0 Å². The van der Waals surface area contributed by atoms with Crippen LogP contribution in [0.1, 0.15) is 24.0 Å². The van der Waals surface area contributed by atoms with E-state index in [2.05, 4.69) is 33.8 Å². The van der Waals surface area contributed by atoms with Gasteiger partial charge in [-0.2, -0.15) is 0 Å². The highest BCUT2D eigenvalue weighted by Crippen LogP contribution is 2.19. The Balaban J connectivity index is 0.00000338. The summed E-state index contributed by atoms with van der Waals surface area (Å²) in [5, 5.41) is 6.58. The van der Waals surface area contributed by atoms with Gasteiger partial charge in [0.15, 0.2) is 5.96 Å². The molecular weight excluding hydrogens is 445 g/mol. The zero-order valence-corrected chi connectivity index (χ0v) is 18.4. The number of guanidine groups is 1. The first-order chi connectivity index (χ1) is 12.2. The highest BCUT2D eigenvalue weighted by molar-refractivity contribution is 14.0. The number of nitrogens with one attached hydrogen (secondary N) is 2. The second-order valence-corrected chi connectivity index (χ2v) is 6.19. The smallest absolute Gasteiger partial charge is 0.191 e. The Morgan fingerprint density at radius 3 is 2.81 bits per heavy atom. The first-order valence-corrected chi connectivity index (χ1v) is 9.00. The van der Waals surface area contributed by atoms with Gasteiger partial charge in [-0.25, -0.2) is 0 Å². The third-order valence-corrected chi connectivity index (χ3v) is 4.27. The molecule has 2 N–H and O–H groups in total. The Hall–Kier alpha value is -1.06. The number of rotatable bonds is 9. The zero-order chi connectivity index (χ0) is 17.9. The normalized spacial score (nSPS) is 16.9. The number of hydrogen-bond donors (Lipinski definition) is 2. The van der Waals surface area contributed by atoms with Gasteiger partial charge in [-0.15, -0.1) is 24.0 Å². The Kier molecular flexibility index (Phi) is 11.6. The van der Waals surface area contributed by atoms with Crippen molar-refractivity contribution >= 4 is 29.9 Å². The van der Waals surface area contributed by atoms with Crippen LogP contribution in [0.15, 0.2) is 23.2 Å². The Morgan fingerprint density at radius 2 is 2.12 bits per heavy atom. The van der Waals surface area contributed by atoms with Crippen molar-refractivity contribution < 1.29 is 14.2 Å². The van der Waals surface area contributed by atoms with Crippen LogP contribution in [0.25, 0.3) is 0 Å². The molecule has 148 valence electrons. The van der Waals surface area contributed by atoms with Crippen molar-refractivity contribution in [2.24, 2.45) is 4.99 Å². The van der Waals surface area contributed by atoms with E-state index in [1.165, 1.54) is 5.56 Å². The number of nitrogens with zero attached hydrogens (tertiary/aromatic N) is 1. The first-order valence-electron chi connectivity index (χ1n) is 9.00. The zero-order valence-electron chi connectivity index (χ0n) is 16.0. The molecule has 1 aromatic carbocycles. The minimum absolute atomic E-state index is 0. The summed E-state index contributed by atoms with van der Waals surface area (Å²) in [7, 11) is 3.48. The van der Waals surface area contributed by atoms with Gasteiger partial charge < -0.3 is 24.8 Å². The molecule has 1 aliphatic heterocycles. The van der Waals surface area contributed by atoms with Gasteiger partial charge in [0, 0.05) is 26.7 Å². The van der Waals surface area contributed by atoms with Crippen LogP contribution in [-0.4, -0.2) is 59.1 Å². The molecule has 0 radical (unpaired) electrons. The van der Waals surface area contributed by atoms with Crippen molar-refractivity contribution in [1.29, 1.82) is 0 Å². The van der Waals surface area contributed by atoms with E-state index in [1.54, 1.807) is 14.2 Å². The van der Waals surface area contributed by atoms with Gasteiger partial charge in [-0.3, -0.25) is 4.99 Å². The standard InChI is InChI=1S/C19H31N3O3.HI/c1-15-6-7-16(13-18(15)23-3)8-9-21-19(20-2)22-10-12-24-14-17-5-4-11-25-17;/h6-7,13,17H,4-5,8-12,14H2,1-3H3,(H2,20,21,22);1H. The fourth-order valence-corrected chi connectivity index (χ4v) is 2.80. The van der Waals surface area contributed by atoms with E-state index in [1.807, 2.05) is 6.92 Å². The van der Waals surface area contributed by atoms with Gasteiger partial charge in [0.1, 0.15) is 5.75 Å². The van der Waals surface area contributed by atoms with Crippen molar-refractivity contribution in [2.75, 3.05) is 47.1 Å². The molecule has 6 nitrogen and oxygen atoms in total. The molecule has 1 unspecified atom stereocenters. The van der Waals surface area contributed by atoms with Crippen molar-refractivity contribution in [3.8, 4) is 5.75 Å². The summed E-state index contributed by atoms with van der Waals surface area (Å²) in [6.45, 7) is 5.79. The molecule has 1 heterocycles. The fourth-order valence-electron chi connectivity index (χ4n) is 2.80. The van der Waals surface area contributed by atoms with Crippen molar-refractivity contribution in [3.63, 3.8) is 0 Å². The van der Waals surface area contributed by atoms with Crippen LogP contribution < -0.4 is 15.4 Å². The monoisotopic (exact) mass is 477 g/mol. The lowest BCUT2D eigenvalue weighted by Crippen LogP contribution is -2.40. The predicted octanol–water partition coefficient (Wildman–Crippen LogP) is 2.52. The lowest BCUT2D eigenvalue weighted by atomic mass is 10.1. The maximum Gasteiger partial charge on any atom is 0.191 e. The van der Waals surface area contributed by atoms with Crippen molar-refractivity contribution in [2.45, 2.75) is 32.3 Å². The molecule has 0 saturated carbocycles. The average molecular weight is 477 g/mol. The molecular formula is C19H32IN3O3. The van der Waals surface area contributed by atoms with Crippen LogP contribution in [0, 0.1) is 6.92 Å². The maximum atomic E-state index is 5.64. The molecule has 2 rings (SSSR count). The van der Waals surface area contributed by atoms with E-state index in [0.29, 0.717) is 13.2 Å². The van der Waals surface area contributed by atoms with E-state index in [4.69, 9.17) is 14.2 Å². The van der Waals surface area contributed by atoms with Gasteiger partial charge in [-0.1, -0.05) is 12.1 Å². The van der Waals surface area contributed by atoms with Crippen LogP contribution >= 0.6 is 24.0 Å². The third-order valence-electron chi connectivity index (χ3n) is 4.27. The van der Waals surface area contributed by atoms with Crippen molar-refractivity contribution in [3.05, 3.63) is 29.3 Å². The lowest BCUT2D eigenvalue weighted by molar-refractivity contribution is 0.0191. The molecule has 1 aliphatic rings. The van der Waals surface area contributed by atoms with Crippen LogP contribution in [0.5, 0.6) is 5.75 Å². The fraction of sp³-hybridized carbons (Fsp3) is 0.632. The number of ether oxygens (including phenoxy) is 3. The highest BCUT2D eigenvalue weighted by atomic mass is 127. The number of aryl methyl sites for hydroxylation is 1. The first kappa shape index (κ1) is 23.0. The van der Waals surface area contributed by atoms with E-state index < -0.39 is 0 Å². The molecule has 1 fully saturated rings. The van der Waals surface area contributed by atoms with E-state index >= 15 is 0 Å². The SMILES string of the molecule is CN=C(NCCOCC1CCCO1)NCCc1ccc(C)c(OC)c1.I. The molecule has 7 heteroatoms. The summed E-state index contributed by atoms with van der Waals surface area (Å²) in [5.41, 5.74) is 2.39. The van der Waals surface area contributed by atoms with Crippen LogP contribution in [-0.2, 0) is 15.9 Å². The van der Waals surface area contributed by atoms with Crippen LogP contribution in [0.3, 0.4) is 0 Å². The number of hydrogen-bond acceptors (Lipinski definition) is 4. The highest BCUT2D eigenvalue weighted by Gasteiger charge is 2.14. The maximum absolute atomic E-state index is 5.64. The molecule has 1 aromatic rings. The summed E-state index contributed by atoms with van der Waals surface area (Å²) < 4.78 is 16.5. The van der Waals surface area contributed by atoms with E-state index in [-0.39, 0.29) is 30.1 Å². The van der Waals surface area contributed by atoms with Gasteiger partial charge >= 0.3 is 0 Å². The Bertz CT molecular complexity index is 549. The molecule has 1 saturated heterocycles. The number of methoxy groups -OCH3 is 1. The number of aliphatic imine (C=N–C) groups is 1. The van der Waals surface area contributed by atoms with Crippen LogP contribution in [0.4, 0.5) is 0 Å². The summed E-state index contributed by atoms with van der Waals surface area (Å²) in [5.74, 6) is 1.73. The van der Waals surface area contributed by atoms with E-state index in [9.17, 15) is 0 Å². The predicted molar refractivity (Wildman–Crippen MR) is 116 cm³/mol. The lowest BCUT2D eigenvalue weighted by Gasteiger charge is -2.14. The largest absolute Gasteiger partial charge is 0.496 e. The third kappa shape index (κ3) is 8.09. The second kappa shape index (κ2) is 13.2. The summed E-state index contributed by atoms with van der Waals surface area (Å²) in [6.07, 6.45) is 3.45. The molecule has 0 spiro atoms. The quantitative estimate of drug-likeness (QED) is 0.248. The Morgan fingerprint density at radius 1 is 1.31 bits per heavy atom. The number of halogens is 1. The van der Waals surface area contributed by atoms with Gasteiger partial charge in [0.2, 0.25) is 0 Å². The van der Waals surface area contributed by atoms with Gasteiger partial charge in [0.05, 0.1) is 26.4 Å². The number of benzene rings is 1. The Labute approximate surface area is 174 Å². The molecule has 0 aromatic heterocycles. The van der Waals surface area contributed by atoms with E-state index in [0.717, 1.165) is 56.2 Å².